The molecule has 0 atom stereocenters. The molecule has 2 amide bonds. The average molecular weight is 247 g/mol. The predicted octanol–water partition coefficient (Wildman–Crippen LogP) is 0.619. The fraction of sp³-hybridized carbons (Fsp3) is 0.385. The first kappa shape index (κ1) is 12.4. The molecule has 0 heterocycles. The molecule has 3 N–H and O–H groups in total. The number of nitrogens with zero attached hydrogens (tertiary/aromatic N) is 1. The molecule has 5 heteroatoms. The molecule has 18 heavy (non-hydrogen) atoms. The minimum atomic E-state index is -0.201. The standard InChI is InChI=1S/C13H17N3O2/c1-16(8-12(17)15-11-5-6-11)13(18)9-3-2-4-10(14)7-9/h2-4,7,11H,5-6,8,14H2,1H3,(H,15,17). The van der Waals surface area contributed by atoms with Crippen molar-refractivity contribution in [3.05, 3.63) is 29.8 Å². The number of carbonyl (C=O) groups excluding carboxylic acids is 2. The third kappa shape index (κ3) is 3.23. The Morgan fingerprint density at radius 1 is 1.44 bits per heavy atom. The number of likely N-dealkylation sites (N-methyl/N-ethyl adjacent to an activating group) is 1. The van der Waals surface area contributed by atoms with Crippen molar-refractivity contribution in [2.75, 3.05) is 19.3 Å². The summed E-state index contributed by atoms with van der Waals surface area (Å²) in [4.78, 5) is 25.0. The van der Waals surface area contributed by atoms with Gasteiger partial charge in [-0.25, -0.2) is 0 Å². The summed E-state index contributed by atoms with van der Waals surface area (Å²) < 4.78 is 0. The zero-order valence-corrected chi connectivity index (χ0v) is 10.3. The zero-order valence-electron chi connectivity index (χ0n) is 10.3. The quantitative estimate of drug-likeness (QED) is 0.766. The lowest BCUT2D eigenvalue weighted by Crippen LogP contribution is -2.39. The van der Waals surface area contributed by atoms with Gasteiger partial charge in [-0.1, -0.05) is 6.07 Å². The van der Waals surface area contributed by atoms with Crippen LogP contribution in [0, 0.1) is 0 Å². The van der Waals surface area contributed by atoms with E-state index in [1.807, 2.05) is 0 Å². The molecule has 0 bridgehead atoms. The van der Waals surface area contributed by atoms with E-state index < -0.39 is 0 Å². The molecule has 1 saturated carbocycles. The van der Waals surface area contributed by atoms with Crippen LogP contribution < -0.4 is 11.1 Å². The van der Waals surface area contributed by atoms with Crippen LogP contribution in [0.4, 0.5) is 5.69 Å². The Bertz CT molecular complexity index is 469. The molecule has 1 aromatic carbocycles. The monoisotopic (exact) mass is 247 g/mol. The summed E-state index contributed by atoms with van der Waals surface area (Å²) in [5.74, 6) is -0.314. The van der Waals surface area contributed by atoms with Gasteiger partial charge < -0.3 is 16.0 Å². The topological polar surface area (TPSA) is 75.4 Å². The van der Waals surface area contributed by atoms with Crippen molar-refractivity contribution in [2.45, 2.75) is 18.9 Å². The maximum Gasteiger partial charge on any atom is 0.254 e. The second kappa shape index (κ2) is 5.08. The minimum absolute atomic E-state index is 0.0735. The Hall–Kier alpha value is -2.04. The molecular formula is C13H17N3O2. The van der Waals surface area contributed by atoms with E-state index in [0.29, 0.717) is 17.3 Å². The summed E-state index contributed by atoms with van der Waals surface area (Å²) in [5.41, 5.74) is 6.66. The third-order valence-electron chi connectivity index (χ3n) is 2.80. The molecule has 96 valence electrons. The first-order valence-corrected chi connectivity index (χ1v) is 5.96. The number of rotatable bonds is 4. The summed E-state index contributed by atoms with van der Waals surface area (Å²) in [5, 5.41) is 2.84. The van der Waals surface area contributed by atoms with Gasteiger partial charge in [-0.3, -0.25) is 9.59 Å². The number of hydrogen-bond donors (Lipinski definition) is 2. The number of carbonyl (C=O) groups is 2. The van der Waals surface area contributed by atoms with E-state index in [2.05, 4.69) is 5.32 Å². The molecule has 0 aromatic heterocycles. The Morgan fingerprint density at radius 3 is 2.78 bits per heavy atom. The van der Waals surface area contributed by atoms with Gasteiger partial charge in [0.2, 0.25) is 5.91 Å². The van der Waals surface area contributed by atoms with Gasteiger partial charge in [0.1, 0.15) is 0 Å². The average Bonchev–Trinajstić information content (AvgIpc) is 3.11. The van der Waals surface area contributed by atoms with Crippen molar-refractivity contribution in [1.29, 1.82) is 0 Å². The van der Waals surface area contributed by atoms with Crippen LogP contribution in [0.3, 0.4) is 0 Å². The highest BCUT2D eigenvalue weighted by Gasteiger charge is 2.24. The summed E-state index contributed by atoms with van der Waals surface area (Å²) in [6.45, 7) is 0.0735. The number of nitrogen functional groups attached to an aromatic ring is 1. The van der Waals surface area contributed by atoms with E-state index in [0.717, 1.165) is 12.8 Å². The summed E-state index contributed by atoms with van der Waals surface area (Å²) in [6.07, 6.45) is 2.08. The highest BCUT2D eigenvalue weighted by molar-refractivity contribution is 5.97. The van der Waals surface area contributed by atoms with E-state index in [4.69, 9.17) is 5.73 Å². The fourth-order valence-corrected chi connectivity index (χ4v) is 1.68. The maximum absolute atomic E-state index is 12.0. The molecule has 1 fully saturated rings. The third-order valence-corrected chi connectivity index (χ3v) is 2.80. The normalized spacial score (nSPS) is 14.1. The van der Waals surface area contributed by atoms with Crippen molar-refractivity contribution < 1.29 is 9.59 Å². The van der Waals surface area contributed by atoms with Crippen LogP contribution in [0.2, 0.25) is 0 Å². The lowest BCUT2D eigenvalue weighted by Gasteiger charge is -2.16. The molecule has 2 rings (SSSR count). The highest BCUT2D eigenvalue weighted by Crippen LogP contribution is 2.18. The van der Waals surface area contributed by atoms with Crippen molar-refractivity contribution in [2.24, 2.45) is 0 Å². The molecule has 0 aliphatic heterocycles. The van der Waals surface area contributed by atoms with Gasteiger partial charge in [0.05, 0.1) is 6.54 Å². The van der Waals surface area contributed by atoms with Crippen molar-refractivity contribution in [3.63, 3.8) is 0 Å². The number of hydrogen-bond acceptors (Lipinski definition) is 3. The second-order valence-electron chi connectivity index (χ2n) is 4.63. The van der Waals surface area contributed by atoms with Crippen molar-refractivity contribution in [3.8, 4) is 0 Å². The van der Waals surface area contributed by atoms with Gasteiger partial charge in [-0.05, 0) is 31.0 Å². The van der Waals surface area contributed by atoms with Crippen LogP contribution in [-0.4, -0.2) is 36.3 Å². The van der Waals surface area contributed by atoms with Crippen LogP contribution >= 0.6 is 0 Å². The van der Waals surface area contributed by atoms with Gasteiger partial charge in [0, 0.05) is 24.3 Å². The molecule has 1 aliphatic rings. The number of nitrogens with one attached hydrogen (secondary N) is 1. The lowest BCUT2D eigenvalue weighted by molar-refractivity contribution is -0.121. The van der Waals surface area contributed by atoms with Crippen LogP contribution in [0.1, 0.15) is 23.2 Å². The molecule has 1 aliphatic carbocycles. The Morgan fingerprint density at radius 2 is 2.17 bits per heavy atom. The number of nitrogens with two attached hydrogens (primary N) is 1. The lowest BCUT2D eigenvalue weighted by atomic mass is 10.2. The van der Waals surface area contributed by atoms with Crippen LogP contribution in [0.25, 0.3) is 0 Å². The highest BCUT2D eigenvalue weighted by atomic mass is 16.2. The van der Waals surface area contributed by atoms with Gasteiger partial charge in [-0.15, -0.1) is 0 Å². The van der Waals surface area contributed by atoms with E-state index >= 15 is 0 Å². The Balaban J connectivity index is 1.93. The van der Waals surface area contributed by atoms with Gasteiger partial charge in [-0.2, -0.15) is 0 Å². The number of benzene rings is 1. The number of anilines is 1. The SMILES string of the molecule is CN(CC(=O)NC1CC1)C(=O)c1cccc(N)c1. The molecule has 0 unspecified atom stereocenters. The second-order valence-corrected chi connectivity index (χ2v) is 4.63. The van der Waals surface area contributed by atoms with Gasteiger partial charge in [0.25, 0.3) is 5.91 Å². The molecule has 1 aromatic rings. The summed E-state index contributed by atoms with van der Waals surface area (Å²) in [7, 11) is 1.61. The Kier molecular flexibility index (Phi) is 3.50. The molecule has 0 spiro atoms. The molecule has 0 saturated heterocycles. The van der Waals surface area contributed by atoms with Gasteiger partial charge in [0.15, 0.2) is 0 Å². The molecule has 5 nitrogen and oxygen atoms in total. The van der Waals surface area contributed by atoms with Crippen molar-refractivity contribution >= 4 is 17.5 Å². The van der Waals surface area contributed by atoms with Gasteiger partial charge >= 0.3 is 0 Å². The molecule has 0 radical (unpaired) electrons. The van der Waals surface area contributed by atoms with Crippen LogP contribution in [0.15, 0.2) is 24.3 Å². The fourth-order valence-electron chi connectivity index (χ4n) is 1.68. The van der Waals surface area contributed by atoms with Crippen molar-refractivity contribution in [1.82, 2.24) is 10.2 Å². The first-order chi connectivity index (χ1) is 8.56. The zero-order chi connectivity index (χ0) is 13.1. The summed E-state index contributed by atoms with van der Waals surface area (Å²) >= 11 is 0. The smallest absolute Gasteiger partial charge is 0.254 e. The van der Waals surface area contributed by atoms with Crippen LogP contribution in [-0.2, 0) is 4.79 Å². The largest absolute Gasteiger partial charge is 0.399 e. The van der Waals surface area contributed by atoms with E-state index in [1.165, 1.54) is 4.90 Å². The Labute approximate surface area is 106 Å². The van der Waals surface area contributed by atoms with E-state index in [-0.39, 0.29) is 18.4 Å². The number of amides is 2. The van der Waals surface area contributed by atoms with E-state index in [1.54, 1.807) is 31.3 Å². The van der Waals surface area contributed by atoms with E-state index in [9.17, 15) is 9.59 Å². The minimum Gasteiger partial charge on any atom is -0.399 e. The first-order valence-electron chi connectivity index (χ1n) is 5.96. The van der Waals surface area contributed by atoms with Crippen LogP contribution in [0.5, 0.6) is 0 Å². The molecular weight excluding hydrogens is 230 g/mol. The predicted molar refractivity (Wildman–Crippen MR) is 69.0 cm³/mol. The maximum atomic E-state index is 12.0. The summed E-state index contributed by atoms with van der Waals surface area (Å²) in [6, 6.07) is 7.05.